The van der Waals surface area contributed by atoms with E-state index < -0.39 is 0 Å². The first-order chi connectivity index (χ1) is 10.2. The second-order valence-corrected chi connectivity index (χ2v) is 6.80. The van der Waals surface area contributed by atoms with Crippen molar-refractivity contribution >= 4 is 21.8 Å². The number of amides is 1. The van der Waals surface area contributed by atoms with E-state index >= 15 is 0 Å². The van der Waals surface area contributed by atoms with E-state index in [0.717, 1.165) is 42.8 Å². The molecule has 0 bridgehead atoms. The molecule has 0 unspecified atom stereocenters. The fourth-order valence-electron chi connectivity index (χ4n) is 3.19. The monoisotopic (exact) mass is 352 g/mol. The number of benzene rings is 1. The van der Waals surface area contributed by atoms with Gasteiger partial charge in [0.2, 0.25) is 5.91 Å². The zero-order chi connectivity index (χ0) is 14.7. The molecule has 5 heteroatoms. The van der Waals surface area contributed by atoms with E-state index in [4.69, 9.17) is 4.74 Å². The molecule has 0 saturated carbocycles. The van der Waals surface area contributed by atoms with Crippen LogP contribution in [-0.4, -0.2) is 43.6 Å². The molecule has 1 amide bonds. The Balaban J connectivity index is 1.37. The molecule has 0 aliphatic carbocycles. The lowest BCUT2D eigenvalue weighted by atomic mass is 10.0. The SMILES string of the molecule is O=C(CCCOc1cccc(Br)c1)N1C[C@H]2CNC[C@H]2C1. The molecule has 1 aromatic carbocycles. The van der Waals surface area contributed by atoms with Gasteiger partial charge in [0.1, 0.15) is 5.75 Å². The summed E-state index contributed by atoms with van der Waals surface area (Å²) in [6, 6.07) is 7.79. The summed E-state index contributed by atoms with van der Waals surface area (Å²) in [5.74, 6) is 2.47. The van der Waals surface area contributed by atoms with Gasteiger partial charge in [-0.25, -0.2) is 0 Å². The Morgan fingerprint density at radius 1 is 1.33 bits per heavy atom. The summed E-state index contributed by atoms with van der Waals surface area (Å²) in [6.07, 6.45) is 1.36. The van der Waals surface area contributed by atoms with E-state index in [1.54, 1.807) is 0 Å². The lowest BCUT2D eigenvalue weighted by molar-refractivity contribution is -0.130. The van der Waals surface area contributed by atoms with Crippen molar-refractivity contribution in [2.24, 2.45) is 11.8 Å². The summed E-state index contributed by atoms with van der Waals surface area (Å²) >= 11 is 3.42. The number of hydrogen-bond donors (Lipinski definition) is 1. The Bertz CT molecular complexity index is 497. The molecule has 1 aromatic rings. The van der Waals surface area contributed by atoms with Crippen LogP contribution in [0.1, 0.15) is 12.8 Å². The number of halogens is 1. The topological polar surface area (TPSA) is 41.6 Å². The Morgan fingerprint density at radius 3 is 2.81 bits per heavy atom. The standard InChI is InChI=1S/C16H21BrN2O2/c17-14-3-1-4-15(7-14)21-6-2-5-16(20)19-10-12-8-18-9-13(12)11-19/h1,3-4,7,12-13,18H,2,5-6,8-11H2/t12-,13+. The van der Waals surface area contributed by atoms with Crippen LogP contribution in [0, 0.1) is 11.8 Å². The average Bonchev–Trinajstić information content (AvgIpc) is 3.04. The Kier molecular flexibility index (Phi) is 4.80. The lowest BCUT2D eigenvalue weighted by Gasteiger charge is -2.17. The van der Waals surface area contributed by atoms with Gasteiger partial charge in [0, 0.05) is 37.1 Å². The normalized spacial score (nSPS) is 24.1. The summed E-state index contributed by atoms with van der Waals surface area (Å²) < 4.78 is 6.67. The van der Waals surface area contributed by atoms with E-state index in [1.165, 1.54) is 0 Å². The Labute approximate surface area is 134 Å². The Morgan fingerprint density at radius 2 is 2.10 bits per heavy atom. The summed E-state index contributed by atoms with van der Waals surface area (Å²) in [6.45, 7) is 4.59. The maximum atomic E-state index is 12.2. The lowest BCUT2D eigenvalue weighted by Crippen LogP contribution is -2.31. The number of nitrogens with zero attached hydrogens (tertiary/aromatic N) is 1. The zero-order valence-electron chi connectivity index (χ0n) is 12.1. The molecule has 2 saturated heterocycles. The van der Waals surface area contributed by atoms with Gasteiger partial charge < -0.3 is 15.0 Å². The fourth-order valence-corrected chi connectivity index (χ4v) is 3.57. The van der Waals surface area contributed by atoms with E-state index in [2.05, 4.69) is 21.2 Å². The van der Waals surface area contributed by atoms with Gasteiger partial charge in [-0.1, -0.05) is 22.0 Å². The van der Waals surface area contributed by atoms with Gasteiger partial charge in [-0.3, -0.25) is 4.79 Å². The van der Waals surface area contributed by atoms with E-state index in [9.17, 15) is 4.79 Å². The van der Waals surface area contributed by atoms with Gasteiger partial charge in [-0.2, -0.15) is 0 Å². The molecule has 0 aromatic heterocycles. The van der Waals surface area contributed by atoms with Crippen LogP contribution in [0.5, 0.6) is 5.75 Å². The molecule has 0 spiro atoms. The highest BCUT2D eigenvalue weighted by atomic mass is 79.9. The molecule has 0 radical (unpaired) electrons. The van der Waals surface area contributed by atoms with Crippen molar-refractivity contribution in [2.75, 3.05) is 32.8 Å². The van der Waals surface area contributed by atoms with Gasteiger partial charge in [0.05, 0.1) is 6.61 Å². The molecule has 2 heterocycles. The predicted octanol–water partition coefficient (Wildman–Crippen LogP) is 2.29. The number of carbonyl (C=O) groups is 1. The van der Waals surface area contributed by atoms with E-state index in [0.29, 0.717) is 24.9 Å². The highest BCUT2D eigenvalue weighted by molar-refractivity contribution is 9.10. The number of ether oxygens (including phenoxy) is 1. The Hall–Kier alpha value is -1.07. The van der Waals surface area contributed by atoms with Crippen molar-refractivity contribution in [2.45, 2.75) is 12.8 Å². The largest absolute Gasteiger partial charge is 0.494 e. The minimum atomic E-state index is 0.280. The van der Waals surface area contributed by atoms with Crippen molar-refractivity contribution in [3.8, 4) is 5.75 Å². The van der Waals surface area contributed by atoms with Crippen LogP contribution in [0.15, 0.2) is 28.7 Å². The number of rotatable bonds is 5. The second-order valence-electron chi connectivity index (χ2n) is 5.89. The van der Waals surface area contributed by atoms with Crippen molar-refractivity contribution in [3.63, 3.8) is 0 Å². The van der Waals surface area contributed by atoms with Crippen LogP contribution < -0.4 is 10.1 Å². The predicted molar refractivity (Wildman–Crippen MR) is 85.3 cm³/mol. The first-order valence-corrected chi connectivity index (χ1v) is 8.38. The average molecular weight is 353 g/mol. The first kappa shape index (κ1) is 14.9. The third-order valence-corrected chi connectivity index (χ3v) is 4.84. The van der Waals surface area contributed by atoms with Crippen LogP contribution in [0.25, 0.3) is 0 Å². The van der Waals surface area contributed by atoms with Crippen LogP contribution in [0.4, 0.5) is 0 Å². The van der Waals surface area contributed by atoms with Crippen LogP contribution >= 0.6 is 15.9 Å². The maximum Gasteiger partial charge on any atom is 0.222 e. The number of nitrogens with one attached hydrogen (secondary N) is 1. The second kappa shape index (κ2) is 6.79. The molecule has 2 fully saturated rings. The van der Waals surface area contributed by atoms with Gasteiger partial charge in [-0.05, 0) is 36.5 Å². The number of carbonyl (C=O) groups excluding carboxylic acids is 1. The third-order valence-electron chi connectivity index (χ3n) is 4.34. The molecular weight excluding hydrogens is 332 g/mol. The van der Waals surface area contributed by atoms with Crippen molar-refractivity contribution < 1.29 is 9.53 Å². The summed E-state index contributed by atoms with van der Waals surface area (Å²) in [4.78, 5) is 14.2. The van der Waals surface area contributed by atoms with Crippen LogP contribution in [-0.2, 0) is 4.79 Å². The van der Waals surface area contributed by atoms with Gasteiger partial charge in [-0.15, -0.1) is 0 Å². The summed E-state index contributed by atoms with van der Waals surface area (Å²) in [5, 5.41) is 3.40. The molecule has 21 heavy (non-hydrogen) atoms. The minimum Gasteiger partial charge on any atom is -0.494 e. The summed E-state index contributed by atoms with van der Waals surface area (Å²) in [7, 11) is 0. The highest BCUT2D eigenvalue weighted by Gasteiger charge is 2.37. The van der Waals surface area contributed by atoms with Crippen LogP contribution in [0.3, 0.4) is 0 Å². The van der Waals surface area contributed by atoms with Gasteiger partial charge in [0.25, 0.3) is 0 Å². The first-order valence-electron chi connectivity index (χ1n) is 7.59. The highest BCUT2D eigenvalue weighted by Crippen LogP contribution is 2.26. The quantitative estimate of drug-likeness (QED) is 0.826. The third kappa shape index (κ3) is 3.77. The minimum absolute atomic E-state index is 0.280. The van der Waals surface area contributed by atoms with Crippen molar-refractivity contribution in [3.05, 3.63) is 28.7 Å². The van der Waals surface area contributed by atoms with E-state index in [1.807, 2.05) is 29.2 Å². The fraction of sp³-hybridized carbons (Fsp3) is 0.562. The molecule has 4 nitrogen and oxygen atoms in total. The van der Waals surface area contributed by atoms with Gasteiger partial charge in [0.15, 0.2) is 0 Å². The molecule has 2 aliphatic heterocycles. The molecule has 2 atom stereocenters. The van der Waals surface area contributed by atoms with Crippen molar-refractivity contribution in [1.82, 2.24) is 10.2 Å². The molecule has 2 aliphatic rings. The maximum absolute atomic E-state index is 12.2. The number of hydrogen-bond acceptors (Lipinski definition) is 3. The number of fused-ring (bicyclic) bond motifs is 1. The molecule has 114 valence electrons. The van der Waals surface area contributed by atoms with E-state index in [-0.39, 0.29) is 5.91 Å². The smallest absolute Gasteiger partial charge is 0.222 e. The number of likely N-dealkylation sites (tertiary alicyclic amines) is 1. The molecule has 1 N–H and O–H groups in total. The molecule has 3 rings (SSSR count). The van der Waals surface area contributed by atoms with Crippen LogP contribution in [0.2, 0.25) is 0 Å². The summed E-state index contributed by atoms with van der Waals surface area (Å²) in [5.41, 5.74) is 0. The zero-order valence-corrected chi connectivity index (χ0v) is 13.6. The van der Waals surface area contributed by atoms with Gasteiger partial charge >= 0.3 is 0 Å². The molecular formula is C16H21BrN2O2. The van der Waals surface area contributed by atoms with Crippen molar-refractivity contribution in [1.29, 1.82) is 0 Å².